The monoisotopic (exact) mass is 341 g/mol. The molecule has 0 radical (unpaired) electrons. The van der Waals surface area contributed by atoms with Gasteiger partial charge in [0.05, 0.1) is 18.7 Å². The highest BCUT2D eigenvalue weighted by Crippen LogP contribution is 2.36. The molecule has 24 heavy (non-hydrogen) atoms. The van der Waals surface area contributed by atoms with E-state index >= 15 is 0 Å². The topological polar surface area (TPSA) is 73.1 Å². The second-order valence-electron chi connectivity index (χ2n) is 5.29. The van der Waals surface area contributed by atoms with Gasteiger partial charge in [-0.2, -0.15) is 13.2 Å². The molecule has 3 rings (SSSR count). The predicted octanol–water partition coefficient (Wildman–Crippen LogP) is 1.29. The van der Waals surface area contributed by atoms with Crippen LogP contribution in [0.25, 0.3) is 0 Å². The molecule has 128 valence electrons. The zero-order chi connectivity index (χ0) is 17.2. The molecule has 7 nitrogen and oxygen atoms in total. The first-order chi connectivity index (χ1) is 11.4. The molecular formula is C14H14F3N5O2. The number of benzene rings is 1. The number of carbonyl (C=O) groups is 1. The summed E-state index contributed by atoms with van der Waals surface area (Å²) in [6.07, 6.45) is -4.00. The number of nitrogens with zero attached hydrogens (tertiary/aromatic N) is 5. The Bertz CT molecular complexity index is 705. The number of tetrazole rings is 1. The summed E-state index contributed by atoms with van der Waals surface area (Å²) in [5.41, 5.74) is -0.713. The molecule has 1 aromatic carbocycles. The summed E-state index contributed by atoms with van der Waals surface area (Å²) in [6.45, 7) is 0.457. The first-order valence-corrected chi connectivity index (χ1v) is 7.21. The van der Waals surface area contributed by atoms with Gasteiger partial charge in [-0.1, -0.05) is 18.2 Å². The normalized spacial score (nSPS) is 18.6. The molecule has 2 aromatic rings. The summed E-state index contributed by atoms with van der Waals surface area (Å²) in [4.78, 5) is 13.7. The zero-order valence-corrected chi connectivity index (χ0v) is 12.5. The van der Waals surface area contributed by atoms with Gasteiger partial charge in [0.15, 0.2) is 0 Å². The predicted molar refractivity (Wildman–Crippen MR) is 74.5 cm³/mol. The number of hydrogen-bond donors (Lipinski definition) is 0. The minimum absolute atomic E-state index is 0.0323. The van der Waals surface area contributed by atoms with Crippen LogP contribution in [0.3, 0.4) is 0 Å². The van der Waals surface area contributed by atoms with Crippen LogP contribution in [0, 0.1) is 0 Å². The number of halogens is 3. The Balaban J connectivity index is 1.75. The average Bonchev–Trinajstić information content (AvgIpc) is 3.07. The quantitative estimate of drug-likeness (QED) is 0.841. The van der Waals surface area contributed by atoms with E-state index in [1.165, 1.54) is 34.1 Å². The number of aromatic nitrogens is 4. The molecule has 0 aliphatic carbocycles. The summed E-state index contributed by atoms with van der Waals surface area (Å²) in [6, 6.07) is 5.24. The first kappa shape index (κ1) is 16.4. The van der Waals surface area contributed by atoms with E-state index in [0.29, 0.717) is 6.54 Å². The molecule has 1 aliphatic rings. The fourth-order valence-corrected chi connectivity index (χ4v) is 2.59. The number of hydrogen-bond acceptors (Lipinski definition) is 5. The van der Waals surface area contributed by atoms with Crippen LogP contribution in [0.5, 0.6) is 0 Å². The van der Waals surface area contributed by atoms with Crippen molar-refractivity contribution in [3.63, 3.8) is 0 Å². The Kier molecular flexibility index (Phi) is 4.47. The largest absolute Gasteiger partial charge is 0.416 e. The molecule has 1 atom stereocenters. The van der Waals surface area contributed by atoms with Crippen LogP contribution in [-0.4, -0.2) is 50.7 Å². The second-order valence-corrected chi connectivity index (χ2v) is 5.29. The first-order valence-electron chi connectivity index (χ1n) is 7.21. The van der Waals surface area contributed by atoms with E-state index in [1.54, 1.807) is 0 Å². The van der Waals surface area contributed by atoms with E-state index in [2.05, 4.69) is 15.5 Å². The minimum Gasteiger partial charge on any atom is -0.370 e. The van der Waals surface area contributed by atoms with Gasteiger partial charge in [0.1, 0.15) is 19.0 Å². The molecule has 1 aromatic heterocycles. The molecule has 1 aliphatic heterocycles. The molecule has 1 amide bonds. The minimum atomic E-state index is -4.47. The molecule has 0 bridgehead atoms. The van der Waals surface area contributed by atoms with Crippen molar-refractivity contribution in [2.45, 2.75) is 18.8 Å². The van der Waals surface area contributed by atoms with Crippen LogP contribution in [0.2, 0.25) is 0 Å². The molecule has 1 unspecified atom stereocenters. The lowest BCUT2D eigenvalue weighted by Gasteiger charge is -2.34. The van der Waals surface area contributed by atoms with Crippen molar-refractivity contribution in [3.8, 4) is 0 Å². The fourth-order valence-electron chi connectivity index (χ4n) is 2.59. The van der Waals surface area contributed by atoms with Crippen LogP contribution in [0.1, 0.15) is 17.2 Å². The molecular weight excluding hydrogens is 327 g/mol. The van der Waals surface area contributed by atoms with Gasteiger partial charge in [-0.15, -0.1) is 5.10 Å². The SMILES string of the molecule is O=C(Cn1cnnn1)N1CCOC(c2ccccc2C(F)(F)F)C1. The van der Waals surface area contributed by atoms with Crippen molar-refractivity contribution < 1.29 is 22.7 Å². The lowest BCUT2D eigenvalue weighted by molar-refractivity contribution is -0.143. The Morgan fingerprint density at radius 1 is 1.33 bits per heavy atom. The molecule has 1 fully saturated rings. The maximum atomic E-state index is 13.1. The van der Waals surface area contributed by atoms with Gasteiger partial charge in [0.2, 0.25) is 5.91 Å². The third kappa shape index (κ3) is 3.53. The number of amides is 1. The van der Waals surface area contributed by atoms with Gasteiger partial charge >= 0.3 is 6.18 Å². The highest BCUT2D eigenvalue weighted by molar-refractivity contribution is 5.76. The second kappa shape index (κ2) is 6.56. The smallest absolute Gasteiger partial charge is 0.370 e. The molecule has 10 heteroatoms. The van der Waals surface area contributed by atoms with E-state index < -0.39 is 17.8 Å². The number of rotatable bonds is 3. The van der Waals surface area contributed by atoms with Crippen molar-refractivity contribution in [3.05, 3.63) is 41.7 Å². The highest BCUT2D eigenvalue weighted by atomic mass is 19.4. The van der Waals surface area contributed by atoms with Crippen LogP contribution < -0.4 is 0 Å². The van der Waals surface area contributed by atoms with Crippen molar-refractivity contribution in [2.75, 3.05) is 19.7 Å². The average molecular weight is 341 g/mol. The van der Waals surface area contributed by atoms with Crippen molar-refractivity contribution in [1.29, 1.82) is 0 Å². The van der Waals surface area contributed by atoms with Crippen LogP contribution in [0.4, 0.5) is 13.2 Å². The summed E-state index contributed by atoms with van der Waals surface area (Å²) >= 11 is 0. The number of ether oxygens (including phenoxy) is 1. The van der Waals surface area contributed by atoms with E-state index in [-0.39, 0.29) is 31.2 Å². The van der Waals surface area contributed by atoms with Gasteiger partial charge in [-0.05, 0) is 22.1 Å². The molecule has 1 saturated heterocycles. The van der Waals surface area contributed by atoms with Gasteiger partial charge in [-0.3, -0.25) is 4.79 Å². The van der Waals surface area contributed by atoms with E-state index in [9.17, 15) is 18.0 Å². The summed E-state index contributed by atoms with van der Waals surface area (Å²) in [7, 11) is 0. The number of carbonyl (C=O) groups excluding carboxylic acids is 1. The molecule has 0 saturated carbocycles. The Morgan fingerprint density at radius 2 is 2.12 bits per heavy atom. The summed E-state index contributed by atoms with van der Waals surface area (Å²) < 4.78 is 46.2. The Morgan fingerprint density at radius 3 is 2.83 bits per heavy atom. The lowest BCUT2D eigenvalue weighted by Crippen LogP contribution is -2.44. The van der Waals surface area contributed by atoms with Gasteiger partial charge in [0, 0.05) is 6.54 Å². The van der Waals surface area contributed by atoms with Crippen LogP contribution >= 0.6 is 0 Å². The maximum Gasteiger partial charge on any atom is 0.416 e. The third-order valence-corrected chi connectivity index (χ3v) is 3.72. The van der Waals surface area contributed by atoms with Gasteiger partial charge < -0.3 is 9.64 Å². The van der Waals surface area contributed by atoms with E-state index in [0.717, 1.165) is 6.07 Å². The molecule has 0 N–H and O–H groups in total. The third-order valence-electron chi connectivity index (χ3n) is 3.72. The van der Waals surface area contributed by atoms with Gasteiger partial charge in [0.25, 0.3) is 0 Å². The van der Waals surface area contributed by atoms with Crippen LogP contribution in [0.15, 0.2) is 30.6 Å². The van der Waals surface area contributed by atoms with Crippen molar-refractivity contribution in [2.24, 2.45) is 0 Å². The maximum absolute atomic E-state index is 13.1. The van der Waals surface area contributed by atoms with Gasteiger partial charge in [-0.25, -0.2) is 4.68 Å². The number of alkyl halides is 3. The zero-order valence-electron chi connectivity index (χ0n) is 12.5. The lowest BCUT2D eigenvalue weighted by atomic mass is 10.0. The number of morpholine rings is 1. The Hall–Kier alpha value is -2.49. The highest BCUT2D eigenvalue weighted by Gasteiger charge is 2.37. The van der Waals surface area contributed by atoms with E-state index in [4.69, 9.17) is 4.74 Å². The standard InChI is InChI=1S/C14H14F3N5O2/c15-14(16,17)11-4-2-1-3-10(11)12-7-21(5-6-24-12)13(23)8-22-9-18-19-20-22/h1-4,9,12H,5-8H2. The summed E-state index contributed by atoms with van der Waals surface area (Å²) in [5, 5.41) is 10.5. The van der Waals surface area contributed by atoms with Crippen LogP contribution in [-0.2, 0) is 22.3 Å². The van der Waals surface area contributed by atoms with E-state index in [1.807, 2.05) is 0 Å². The molecule has 0 spiro atoms. The molecule has 2 heterocycles. The summed E-state index contributed by atoms with van der Waals surface area (Å²) in [5.74, 6) is -0.278. The van der Waals surface area contributed by atoms with Crippen molar-refractivity contribution in [1.82, 2.24) is 25.1 Å². The Labute approximate surface area is 135 Å². The fraction of sp³-hybridized carbons (Fsp3) is 0.429. The van der Waals surface area contributed by atoms with Crippen molar-refractivity contribution >= 4 is 5.91 Å².